The van der Waals surface area contributed by atoms with Crippen molar-refractivity contribution in [3.05, 3.63) is 91.0 Å². The third-order valence-electron chi connectivity index (χ3n) is 3.88. The molecule has 0 saturated heterocycles. The first-order chi connectivity index (χ1) is 10.4. The van der Waals surface area contributed by atoms with E-state index in [0.29, 0.717) is 0 Å². The second-order valence-electron chi connectivity index (χ2n) is 4.99. The standard InChI is InChI=1S/C20H19P.HI/c1-2-21(18-12-6-3-7-13-18,19-14-8-4-9-15-19)20-16-10-5-11-17-20;/h2-17H,1H3;1H. The third kappa shape index (κ3) is 3.06. The molecule has 0 bridgehead atoms. The van der Waals surface area contributed by atoms with Gasteiger partial charge in [0.15, 0.2) is 0 Å². The van der Waals surface area contributed by atoms with Crippen LogP contribution in [0.4, 0.5) is 0 Å². The van der Waals surface area contributed by atoms with Crippen LogP contribution >= 0.6 is 30.9 Å². The van der Waals surface area contributed by atoms with E-state index in [0.717, 1.165) is 0 Å². The van der Waals surface area contributed by atoms with Crippen molar-refractivity contribution in [1.29, 1.82) is 0 Å². The lowest BCUT2D eigenvalue weighted by Gasteiger charge is -2.28. The van der Waals surface area contributed by atoms with Gasteiger partial charge in [0.1, 0.15) is 0 Å². The van der Waals surface area contributed by atoms with Crippen molar-refractivity contribution < 1.29 is 0 Å². The second kappa shape index (κ2) is 7.80. The number of hydrogen-bond acceptors (Lipinski definition) is 0. The van der Waals surface area contributed by atoms with Gasteiger partial charge in [-0.15, -0.1) is 24.0 Å². The van der Waals surface area contributed by atoms with Gasteiger partial charge < -0.3 is 0 Å². The van der Waals surface area contributed by atoms with Crippen LogP contribution in [0.3, 0.4) is 0 Å². The fourth-order valence-corrected chi connectivity index (χ4v) is 6.60. The first kappa shape index (κ1) is 17.1. The summed E-state index contributed by atoms with van der Waals surface area (Å²) in [4.78, 5) is 0. The zero-order valence-electron chi connectivity index (χ0n) is 12.6. The van der Waals surface area contributed by atoms with E-state index < -0.39 is 6.89 Å². The highest BCUT2D eigenvalue weighted by molar-refractivity contribution is 14.0. The molecule has 0 nitrogen and oxygen atoms in total. The molecule has 0 aromatic heterocycles. The molecule has 0 amide bonds. The summed E-state index contributed by atoms with van der Waals surface area (Å²) in [5, 5.41) is 4.22. The van der Waals surface area contributed by atoms with Crippen molar-refractivity contribution in [1.82, 2.24) is 0 Å². The molecular weight excluding hydrogens is 398 g/mol. The van der Waals surface area contributed by atoms with E-state index in [9.17, 15) is 0 Å². The summed E-state index contributed by atoms with van der Waals surface area (Å²) in [6.45, 7) is 0.536. The topological polar surface area (TPSA) is 0 Å². The average molecular weight is 418 g/mol. The van der Waals surface area contributed by atoms with Crippen molar-refractivity contribution in [2.24, 2.45) is 0 Å². The molecule has 0 aliphatic carbocycles. The van der Waals surface area contributed by atoms with E-state index in [1.54, 1.807) is 0 Å². The van der Waals surface area contributed by atoms with Gasteiger partial charge in [-0.1, -0.05) is 96.8 Å². The van der Waals surface area contributed by atoms with Crippen LogP contribution in [0.5, 0.6) is 0 Å². The molecule has 0 fully saturated rings. The minimum absolute atomic E-state index is 0. The van der Waals surface area contributed by atoms with Crippen LogP contribution in [0.25, 0.3) is 0 Å². The van der Waals surface area contributed by atoms with Gasteiger partial charge in [-0.3, -0.25) is 0 Å². The normalized spacial score (nSPS) is 10.6. The Morgan fingerprint density at radius 2 is 0.818 bits per heavy atom. The number of benzene rings is 3. The molecule has 3 aromatic carbocycles. The molecule has 0 radical (unpaired) electrons. The van der Waals surface area contributed by atoms with Crippen LogP contribution < -0.4 is 15.9 Å². The summed E-state index contributed by atoms with van der Waals surface area (Å²) in [7, 11) is 0. The van der Waals surface area contributed by atoms with Crippen LogP contribution in [0, 0.1) is 0 Å². The quantitative estimate of drug-likeness (QED) is 0.437. The lowest BCUT2D eigenvalue weighted by molar-refractivity contribution is 1.73. The van der Waals surface area contributed by atoms with Crippen molar-refractivity contribution in [2.75, 3.05) is 0 Å². The van der Waals surface area contributed by atoms with Gasteiger partial charge in [-0.25, -0.2) is 0 Å². The largest absolute Gasteiger partial charge is 0.107 e. The summed E-state index contributed by atoms with van der Waals surface area (Å²) in [6.07, 6.45) is 0. The summed E-state index contributed by atoms with van der Waals surface area (Å²) in [6, 6.07) is 32.6. The van der Waals surface area contributed by atoms with Gasteiger partial charge in [-0.05, 0) is 29.7 Å². The Hall–Kier alpha value is -1.31. The van der Waals surface area contributed by atoms with Crippen LogP contribution in [-0.2, 0) is 0 Å². The molecule has 0 spiro atoms. The van der Waals surface area contributed by atoms with Gasteiger partial charge >= 0.3 is 0 Å². The Labute approximate surface area is 150 Å². The molecule has 22 heavy (non-hydrogen) atoms. The average Bonchev–Trinajstić information content (AvgIpc) is 2.59. The molecule has 0 aliphatic heterocycles. The van der Waals surface area contributed by atoms with Crippen molar-refractivity contribution in [2.45, 2.75) is 6.92 Å². The zero-order chi connectivity index (χ0) is 14.5. The van der Waals surface area contributed by atoms with E-state index in [-0.39, 0.29) is 24.0 Å². The van der Waals surface area contributed by atoms with Crippen LogP contribution in [-0.4, -0.2) is 5.80 Å². The minimum Gasteiger partial charge on any atom is -0.107 e. The minimum atomic E-state index is -1.66. The molecule has 0 unspecified atom stereocenters. The second-order valence-corrected chi connectivity index (χ2v) is 8.50. The van der Waals surface area contributed by atoms with E-state index in [2.05, 4.69) is 104 Å². The molecule has 0 heterocycles. The maximum absolute atomic E-state index is 2.41. The SMILES string of the molecule is CC=P(c1ccccc1)(c1ccccc1)c1ccccc1.I. The summed E-state index contributed by atoms with van der Waals surface area (Å²) in [5.74, 6) is 2.41. The highest BCUT2D eigenvalue weighted by atomic mass is 127. The molecule has 112 valence electrons. The Morgan fingerprint density at radius 1 is 0.545 bits per heavy atom. The first-order valence-electron chi connectivity index (χ1n) is 7.24. The summed E-state index contributed by atoms with van der Waals surface area (Å²) >= 11 is 0. The van der Waals surface area contributed by atoms with Gasteiger partial charge in [0.25, 0.3) is 0 Å². The third-order valence-corrected chi connectivity index (χ3v) is 7.99. The summed E-state index contributed by atoms with van der Waals surface area (Å²) < 4.78 is 0. The smallest absolute Gasteiger partial charge is 0.0163 e. The Balaban J connectivity index is 0.00000176. The molecule has 0 saturated carbocycles. The predicted octanol–water partition coefficient (Wildman–Crippen LogP) is 4.42. The van der Waals surface area contributed by atoms with Gasteiger partial charge in [0.2, 0.25) is 0 Å². The predicted molar refractivity (Wildman–Crippen MR) is 112 cm³/mol. The highest BCUT2D eigenvalue weighted by Crippen LogP contribution is 2.43. The highest BCUT2D eigenvalue weighted by Gasteiger charge is 2.23. The summed E-state index contributed by atoms with van der Waals surface area (Å²) in [5.41, 5.74) is 0. The maximum atomic E-state index is 2.41. The molecule has 3 aromatic rings. The molecule has 3 rings (SSSR count). The Kier molecular flexibility index (Phi) is 6.05. The van der Waals surface area contributed by atoms with Crippen LogP contribution in [0.2, 0.25) is 0 Å². The molecular formula is C20H20IP. The van der Waals surface area contributed by atoms with Crippen molar-refractivity contribution in [3.8, 4) is 0 Å². The van der Waals surface area contributed by atoms with Gasteiger partial charge in [0.05, 0.1) is 0 Å². The van der Waals surface area contributed by atoms with Crippen molar-refractivity contribution in [3.63, 3.8) is 0 Å². The Bertz CT molecular complexity index is 646. The molecule has 2 heteroatoms. The molecule has 0 atom stereocenters. The molecule has 0 N–H and O–H groups in total. The number of halogens is 1. The van der Waals surface area contributed by atoms with E-state index in [1.807, 2.05) is 0 Å². The van der Waals surface area contributed by atoms with Gasteiger partial charge in [0, 0.05) is 0 Å². The fourth-order valence-electron chi connectivity index (χ4n) is 2.88. The lowest BCUT2D eigenvalue weighted by atomic mass is 10.4. The maximum Gasteiger partial charge on any atom is -0.0163 e. The number of hydrogen-bond donors (Lipinski definition) is 0. The zero-order valence-corrected chi connectivity index (χ0v) is 15.8. The van der Waals surface area contributed by atoms with Gasteiger partial charge in [-0.2, -0.15) is 0 Å². The van der Waals surface area contributed by atoms with Crippen LogP contribution in [0.1, 0.15) is 6.92 Å². The monoisotopic (exact) mass is 418 g/mol. The van der Waals surface area contributed by atoms with Crippen LogP contribution in [0.15, 0.2) is 91.0 Å². The first-order valence-corrected chi connectivity index (χ1v) is 9.10. The fraction of sp³-hybridized carbons (Fsp3) is 0.0500. The van der Waals surface area contributed by atoms with E-state index in [1.165, 1.54) is 15.9 Å². The van der Waals surface area contributed by atoms with Crippen molar-refractivity contribution >= 4 is 52.6 Å². The van der Waals surface area contributed by atoms with E-state index >= 15 is 0 Å². The molecule has 0 aliphatic rings. The number of rotatable bonds is 3. The Morgan fingerprint density at radius 3 is 1.05 bits per heavy atom. The lowest BCUT2D eigenvalue weighted by Crippen LogP contribution is -2.26. The van der Waals surface area contributed by atoms with E-state index in [4.69, 9.17) is 0 Å².